The molecule has 112 valence electrons. The number of carbonyl (C=O) groups is 1. The van der Waals surface area contributed by atoms with Crippen molar-refractivity contribution in [2.45, 2.75) is 38.1 Å². The largest absolute Gasteiger partial charge is 0.394 e. The number of hydrogen-bond donors (Lipinski definition) is 3. The Morgan fingerprint density at radius 3 is 3.00 bits per heavy atom. The lowest BCUT2D eigenvalue weighted by Gasteiger charge is -2.39. The van der Waals surface area contributed by atoms with E-state index in [2.05, 4.69) is 17.2 Å². The number of para-hydroxylation sites is 1. The summed E-state index contributed by atoms with van der Waals surface area (Å²) in [4.78, 5) is 15.6. The van der Waals surface area contributed by atoms with Gasteiger partial charge in [-0.15, -0.1) is 0 Å². The van der Waals surface area contributed by atoms with Crippen LogP contribution in [0.5, 0.6) is 0 Å². The van der Waals surface area contributed by atoms with Crippen LogP contribution in [0.15, 0.2) is 30.3 Å². The molecule has 3 N–H and O–H groups in total. The van der Waals surface area contributed by atoms with Gasteiger partial charge in [0.1, 0.15) is 5.69 Å². The molecule has 2 atom stereocenters. The van der Waals surface area contributed by atoms with Crippen LogP contribution < -0.4 is 5.32 Å². The molecule has 1 heterocycles. The molecule has 1 aromatic heterocycles. The number of aliphatic hydroxyl groups is 1. The molecule has 1 aromatic carbocycles. The number of H-pyrrole nitrogens is 1. The third kappa shape index (κ3) is 2.81. The molecule has 0 radical (unpaired) electrons. The van der Waals surface area contributed by atoms with Crippen molar-refractivity contribution in [1.82, 2.24) is 10.3 Å². The van der Waals surface area contributed by atoms with Gasteiger partial charge >= 0.3 is 0 Å². The molecule has 1 fully saturated rings. The molecule has 2 unspecified atom stereocenters. The number of aromatic nitrogens is 1. The number of fused-ring (bicyclic) bond motifs is 1. The van der Waals surface area contributed by atoms with Crippen LogP contribution in [0.4, 0.5) is 0 Å². The van der Waals surface area contributed by atoms with E-state index in [0.717, 1.165) is 30.2 Å². The predicted molar refractivity (Wildman–Crippen MR) is 83.2 cm³/mol. The Hall–Kier alpha value is -1.81. The minimum absolute atomic E-state index is 0.00328. The lowest BCUT2D eigenvalue weighted by molar-refractivity contribution is 0.0693. The number of nitrogens with one attached hydrogen (secondary N) is 2. The summed E-state index contributed by atoms with van der Waals surface area (Å²) < 4.78 is 0. The Kier molecular flexibility index (Phi) is 3.72. The Labute approximate surface area is 124 Å². The highest BCUT2D eigenvalue weighted by molar-refractivity contribution is 5.98. The number of aliphatic hydroxyl groups excluding tert-OH is 1. The van der Waals surface area contributed by atoms with Crippen molar-refractivity contribution in [3.8, 4) is 0 Å². The van der Waals surface area contributed by atoms with Crippen LogP contribution in [0.25, 0.3) is 10.9 Å². The third-order valence-corrected chi connectivity index (χ3v) is 4.55. The van der Waals surface area contributed by atoms with E-state index >= 15 is 0 Å². The molecule has 21 heavy (non-hydrogen) atoms. The Bertz CT molecular complexity index is 616. The van der Waals surface area contributed by atoms with Crippen molar-refractivity contribution >= 4 is 16.8 Å². The van der Waals surface area contributed by atoms with E-state index in [1.165, 1.54) is 6.42 Å². The second kappa shape index (κ2) is 5.53. The molecule has 0 bridgehead atoms. The fourth-order valence-electron chi connectivity index (χ4n) is 3.46. The smallest absolute Gasteiger partial charge is 0.268 e. The zero-order chi connectivity index (χ0) is 14.9. The van der Waals surface area contributed by atoms with E-state index in [-0.39, 0.29) is 12.5 Å². The topological polar surface area (TPSA) is 65.1 Å². The molecule has 2 aromatic rings. The van der Waals surface area contributed by atoms with E-state index in [9.17, 15) is 9.90 Å². The highest BCUT2D eigenvalue weighted by atomic mass is 16.3. The average molecular weight is 286 g/mol. The summed E-state index contributed by atoms with van der Waals surface area (Å²) in [7, 11) is 0. The first kappa shape index (κ1) is 14.1. The maximum absolute atomic E-state index is 12.5. The van der Waals surface area contributed by atoms with Gasteiger partial charge in [0.25, 0.3) is 5.91 Å². The van der Waals surface area contributed by atoms with Crippen LogP contribution in [-0.2, 0) is 0 Å². The predicted octanol–water partition coefficient (Wildman–Crippen LogP) is 2.84. The van der Waals surface area contributed by atoms with Gasteiger partial charge in [0.2, 0.25) is 0 Å². The quantitative estimate of drug-likeness (QED) is 0.812. The minimum atomic E-state index is -0.466. The number of aromatic amines is 1. The summed E-state index contributed by atoms with van der Waals surface area (Å²) >= 11 is 0. The zero-order valence-corrected chi connectivity index (χ0v) is 12.4. The molecular weight excluding hydrogens is 264 g/mol. The molecule has 1 aliphatic rings. The Morgan fingerprint density at radius 1 is 1.48 bits per heavy atom. The lowest BCUT2D eigenvalue weighted by atomic mass is 9.77. The molecule has 4 heteroatoms. The van der Waals surface area contributed by atoms with Crippen LogP contribution in [0, 0.1) is 5.92 Å². The van der Waals surface area contributed by atoms with E-state index in [1.807, 2.05) is 30.3 Å². The number of carbonyl (C=O) groups excluding carboxylic acids is 1. The van der Waals surface area contributed by atoms with Crippen molar-refractivity contribution in [3.05, 3.63) is 36.0 Å². The molecule has 1 amide bonds. The third-order valence-electron chi connectivity index (χ3n) is 4.55. The van der Waals surface area contributed by atoms with Crippen molar-refractivity contribution in [1.29, 1.82) is 0 Å². The summed E-state index contributed by atoms with van der Waals surface area (Å²) in [5, 5.41) is 13.9. The van der Waals surface area contributed by atoms with Gasteiger partial charge in [-0.25, -0.2) is 0 Å². The molecule has 1 aliphatic carbocycles. The molecule has 3 rings (SSSR count). The van der Waals surface area contributed by atoms with Crippen LogP contribution in [0.1, 0.15) is 43.1 Å². The lowest BCUT2D eigenvalue weighted by Crippen LogP contribution is -2.53. The summed E-state index contributed by atoms with van der Waals surface area (Å²) in [6.45, 7) is 2.18. The van der Waals surface area contributed by atoms with Gasteiger partial charge in [0.05, 0.1) is 12.1 Å². The Morgan fingerprint density at radius 2 is 2.29 bits per heavy atom. The number of amides is 1. The summed E-state index contributed by atoms with van der Waals surface area (Å²) in [5.41, 5.74) is 1.05. The van der Waals surface area contributed by atoms with E-state index in [1.54, 1.807) is 0 Å². The molecule has 1 saturated carbocycles. The Balaban J connectivity index is 1.81. The molecule has 0 spiro atoms. The zero-order valence-electron chi connectivity index (χ0n) is 12.4. The van der Waals surface area contributed by atoms with E-state index in [0.29, 0.717) is 11.6 Å². The standard InChI is InChI=1S/C17H22N2O2/c1-12-5-4-8-17(10-12,11-20)19-16(21)15-9-13-6-2-3-7-14(13)18-15/h2-3,6-7,9,12,18,20H,4-5,8,10-11H2,1H3,(H,19,21). The van der Waals surface area contributed by atoms with Crippen LogP contribution >= 0.6 is 0 Å². The summed E-state index contributed by atoms with van der Waals surface area (Å²) in [5.74, 6) is 0.406. The maximum atomic E-state index is 12.5. The first-order chi connectivity index (χ1) is 10.1. The highest BCUT2D eigenvalue weighted by Gasteiger charge is 2.36. The summed E-state index contributed by atoms with van der Waals surface area (Å²) in [6, 6.07) is 9.69. The van der Waals surface area contributed by atoms with E-state index < -0.39 is 5.54 Å². The second-order valence-corrected chi connectivity index (χ2v) is 6.36. The van der Waals surface area contributed by atoms with Crippen LogP contribution in [-0.4, -0.2) is 28.1 Å². The maximum Gasteiger partial charge on any atom is 0.268 e. The summed E-state index contributed by atoms with van der Waals surface area (Å²) in [6.07, 6.45) is 3.91. The van der Waals surface area contributed by atoms with Gasteiger partial charge in [0, 0.05) is 10.9 Å². The van der Waals surface area contributed by atoms with Gasteiger partial charge in [-0.3, -0.25) is 4.79 Å². The van der Waals surface area contributed by atoms with Crippen molar-refractivity contribution in [3.63, 3.8) is 0 Å². The number of hydrogen-bond acceptors (Lipinski definition) is 2. The average Bonchev–Trinajstić information content (AvgIpc) is 2.91. The minimum Gasteiger partial charge on any atom is -0.394 e. The van der Waals surface area contributed by atoms with Crippen LogP contribution in [0.3, 0.4) is 0 Å². The van der Waals surface area contributed by atoms with Gasteiger partial charge in [-0.1, -0.05) is 38.0 Å². The number of rotatable bonds is 3. The van der Waals surface area contributed by atoms with Crippen LogP contribution in [0.2, 0.25) is 0 Å². The van der Waals surface area contributed by atoms with Gasteiger partial charge < -0.3 is 15.4 Å². The first-order valence-electron chi connectivity index (χ1n) is 7.63. The first-order valence-corrected chi connectivity index (χ1v) is 7.63. The second-order valence-electron chi connectivity index (χ2n) is 6.36. The molecule has 0 aliphatic heterocycles. The fraction of sp³-hybridized carbons (Fsp3) is 0.471. The highest BCUT2D eigenvalue weighted by Crippen LogP contribution is 2.32. The van der Waals surface area contributed by atoms with E-state index in [4.69, 9.17) is 0 Å². The molecule has 4 nitrogen and oxygen atoms in total. The van der Waals surface area contributed by atoms with Gasteiger partial charge in [-0.05, 0) is 30.9 Å². The van der Waals surface area contributed by atoms with Crippen molar-refractivity contribution < 1.29 is 9.90 Å². The normalized spacial score (nSPS) is 25.9. The monoisotopic (exact) mass is 286 g/mol. The van der Waals surface area contributed by atoms with Crippen molar-refractivity contribution in [2.24, 2.45) is 5.92 Å². The molecule has 0 saturated heterocycles. The van der Waals surface area contributed by atoms with Gasteiger partial charge in [0.15, 0.2) is 0 Å². The fourth-order valence-corrected chi connectivity index (χ4v) is 3.46. The number of benzene rings is 1. The SMILES string of the molecule is CC1CCCC(CO)(NC(=O)c2cc3ccccc3[nH]2)C1. The molecular formula is C17H22N2O2. The van der Waals surface area contributed by atoms with Crippen molar-refractivity contribution in [2.75, 3.05) is 6.61 Å². The van der Waals surface area contributed by atoms with Gasteiger partial charge in [-0.2, -0.15) is 0 Å².